The highest BCUT2D eigenvalue weighted by Crippen LogP contribution is 2.68. The lowest BCUT2D eigenvalue weighted by Crippen LogP contribution is -2.27. The van der Waals surface area contributed by atoms with Crippen molar-refractivity contribution < 1.29 is 0 Å². The van der Waals surface area contributed by atoms with Gasteiger partial charge < -0.3 is 0 Å². The van der Waals surface area contributed by atoms with Gasteiger partial charge in [0.05, 0.1) is 0 Å². The van der Waals surface area contributed by atoms with Crippen molar-refractivity contribution in [1.82, 2.24) is 4.44 Å². The molecule has 0 radical (unpaired) electrons. The molecule has 1 heterocycles. The average molecular weight is 289 g/mol. The van der Waals surface area contributed by atoms with Crippen molar-refractivity contribution in [3.05, 3.63) is 0 Å². The highest BCUT2D eigenvalue weighted by atomic mass is 31.2. The van der Waals surface area contributed by atoms with Gasteiger partial charge in [0.25, 0.3) is 0 Å². The molecule has 1 rings (SSSR count). The molecule has 1 aliphatic heterocycles. The zero-order valence-corrected chi connectivity index (χ0v) is 15.1. The maximum atomic E-state index is 3.01. The highest BCUT2D eigenvalue weighted by Gasteiger charge is 2.40. The molecule has 0 amide bonds. The van der Waals surface area contributed by atoms with Crippen LogP contribution < -0.4 is 0 Å². The summed E-state index contributed by atoms with van der Waals surface area (Å²) in [6.07, 6.45) is 8.58. The first-order chi connectivity index (χ1) is 8.60. The predicted molar refractivity (Wildman–Crippen MR) is 89.3 cm³/mol. The third-order valence-electron chi connectivity index (χ3n) is 4.24. The average Bonchev–Trinajstić information content (AvgIpc) is 2.77. The van der Waals surface area contributed by atoms with Crippen LogP contribution in [-0.2, 0) is 0 Å². The Balaban J connectivity index is 2.93. The third-order valence-corrected chi connectivity index (χ3v) is 11.8. The molecule has 0 saturated carbocycles. The molecule has 2 atom stereocenters. The minimum Gasteiger partial charge on any atom is -0.257 e. The molecule has 108 valence electrons. The SMILES string of the molecule is CC[C@@H]1CC[C@@H](CC)P1N(C(C)C)P(CC)CC. The first-order valence-corrected chi connectivity index (χ1v) is 11.0. The van der Waals surface area contributed by atoms with Gasteiger partial charge in [0.1, 0.15) is 0 Å². The molecule has 1 saturated heterocycles. The zero-order chi connectivity index (χ0) is 13.7. The van der Waals surface area contributed by atoms with Crippen LogP contribution in [-0.4, -0.2) is 34.1 Å². The largest absolute Gasteiger partial charge is 0.257 e. The monoisotopic (exact) mass is 289 g/mol. The third kappa shape index (κ3) is 3.68. The molecular formula is C15H33NP2. The van der Waals surface area contributed by atoms with E-state index in [-0.39, 0.29) is 16.1 Å². The molecule has 3 heteroatoms. The van der Waals surface area contributed by atoms with E-state index in [9.17, 15) is 0 Å². The molecule has 0 unspecified atom stereocenters. The topological polar surface area (TPSA) is 3.24 Å². The molecule has 0 aliphatic carbocycles. The predicted octanol–water partition coefficient (Wildman–Crippen LogP) is 5.88. The quantitative estimate of drug-likeness (QED) is 0.529. The molecule has 0 bridgehead atoms. The van der Waals surface area contributed by atoms with Crippen LogP contribution in [0.3, 0.4) is 0 Å². The fourth-order valence-corrected chi connectivity index (χ4v) is 11.2. The van der Waals surface area contributed by atoms with E-state index in [0.29, 0.717) is 0 Å². The number of hydrogen-bond donors (Lipinski definition) is 0. The van der Waals surface area contributed by atoms with Crippen LogP contribution in [0.2, 0.25) is 0 Å². The lowest BCUT2D eigenvalue weighted by molar-refractivity contribution is 0.558. The molecule has 1 nitrogen and oxygen atoms in total. The second kappa shape index (κ2) is 8.18. The summed E-state index contributed by atoms with van der Waals surface area (Å²) in [6.45, 7) is 14.5. The lowest BCUT2D eigenvalue weighted by atomic mass is 10.1. The Bertz CT molecular complexity index is 217. The van der Waals surface area contributed by atoms with Gasteiger partial charge in [0.15, 0.2) is 0 Å². The second-order valence-electron chi connectivity index (χ2n) is 5.63. The van der Waals surface area contributed by atoms with Gasteiger partial charge in [0.2, 0.25) is 0 Å². The van der Waals surface area contributed by atoms with Crippen molar-refractivity contribution in [1.29, 1.82) is 0 Å². The minimum absolute atomic E-state index is 0.127. The van der Waals surface area contributed by atoms with Crippen molar-refractivity contribution in [3.63, 3.8) is 0 Å². The van der Waals surface area contributed by atoms with E-state index in [1.54, 1.807) is 0 Å². The Morgan fingerprint density at radius 3 is 1.72 bits per heavy atom. The maximum Gasteiger partial charge on any atom is 0.0118 e. The lowest BCUT2D eigenvalue weighted by Gasteiger charge is -2.44. The fraction of sp³-hybridized carbons (Fsp3) is 1.00. The number of rotatable bonds is 7. The van der Waals surface area contributed by atoms with E-state index in [1.165, 1.54) is 38.0 Å². The molecule has 0 aromatic heterocycles. The summed E-state index contributed by atoms with van der Waals surface area (Å²) < 4.78 is 3.01. The van der Waals surface area contributed by atoms with Gasteiger partial charge in [0, 0.05) is 6.04 Å². The second-order valence-corrected chi connectivity index (χ2v) is 11.3. The molecule has 1 aliphatic rings. The van der Waals surface area contributed by atoms with E-state index in [0.717, 1.165) is 17.4 Å². The van der Waals surface area contributed by atoms with Crippen LogP contribution in [0.5, 0.6) is 0 Å². The van der Waals surface area contributed by atoms with Gasteiger partial charge in [-0.1, -0.05) is 27.7 Å². The Morgan fingerprint density at radius 1 is 1.00 bits per heavy atom. The Hall–Kier alpha value is 0.820. The number of hydrogen-bond acceptors (Lipinski definition) is 1. The van der Waals surface area contributed by atoms with Crippen LogP contribution in [0.15, 0.2) is 0 Å². The summed E-state index contributed by atoms with van der Waals surface area (Å²) in [4.78, 5) is 0. The molecule has 18 heavy (non-hydrogen) atoms. The van der Waals surface area contributed by atoms with Crippen molar-refractivity contribution in [2.24, 2.45) is 0 Å². The standard InChI is InChI=1S/C15H33NP2/c1-7-14-11-12-15(8-2)18(14)16(13(5)6)17(9-3)10-4/h13-15H,7-12H2,1-6H3/t14-,15-/m1/s1. The van der Waals surface area contributed by atoms with Crippen molar-refractivity contribution >= 4 is 16.1 Å². The van der Waals surface area contributed by atoms with E-state index in [1.807, 2.05) is 0 Å². The Kier molecular flexibility index (Phi) is 7.67. The van der Waals surface area contributed by atoms with Crippen molar-refractivity contribution in [2.75, 3.05) is 12.3 Å². The van der Waals surface area contributed by atoms with Gasteiger partial charge >= 0.3 is 0 Å². The normalized spacial score (nSPS) is 25.8. The molecular weight excluding hydrogens is 256 g/mol. The van der Waals surface area contributed by atoms with Crippen molar-refractivity contribution in [3.8, 4) is 0 Å². The summed E-state index contributed by atoms with van der Waals surface area (Å²) in [5.74, 6) is 0. The number of nitrogens with zero attached hydrogens (tertiary/aromatic N) is 1. The molecule has 0 aromatic carbocycles. The van der Waals surface area contributed by atoms with Crippen LogP contribution >= 0.6 is 16.1 Å². The zero-order valence-electron chi connectivity index (χ0n) is 13.3. The summed E-state index contributed by atoms with van der Waals surface area (Å²) in [5.41, 5.74) is 2.05. The molecule has 0 N–H and O–H groups in total. The van der Waals surface area contributed by atoms with Gasteiger partial charge in [-0.15, -0.1) is 0 Å². The fourth-order valence-electron chi connectivity index (χ4n) is 3.32. The first kappa shape index (κ1) is 16.9. The first-order valence-electron chi connectivity index (χ1n) is 7.92. The van der Waals surface area contributed by atoms with Gasteiger partial charge in [-0.25, -0.2) is 0 Å². The van der Waals surface area contributed by atoms with Crippen LogP contribution in [0.4, 0.5) is 0 Å². The van der Waals surface area contributed by atoms with Crippen molar-refractivity contribution in [2.45, 2.75) is 84.6 Å². The molecule has 1 fully saturated rings. The van der Waals surface area contributed by atoms with Crippen LogP contribution in [0.25, 0.3) is 0 Å². The van der Waals surface area contributed by atoms with E-state index in [4.69, 9.17) is 0 Å². The highest BCUT2D eigenvalue weighted by molar-refractivity contribution is 7.71. The Morgan fingerprint density at radius 2 is 1.44 bits per heavy atom. The minimum atomic E-state index is 0.127. The summed E-state index contributed by atoms with van der Waals surface area (Å²) in [6, 6.07) is 0.753. The van der Waals surface area contributed by atoms with Gasteiger partial charge in [-0.3, -0.25) is 4.44 Å². The smallest absolute Gasteiger partial charge is 0.0118 e. The summed E-state index contributed by atoms with van der Waals surface area (Å²) in [5, 5.41) is 0. The maximum absolute atomic E-state index is 3.01. The van der Waals surface area contributed by atoms with Crippen LogP contribution in [0, 0.1) is 0 Å². The molecule has 0 aromatic rings. The van der Waals surface area contributed by atoms with Gasteiger partial charge in [-0.05, 0) is 79.3 Å². The van der Waals surface area contributed by atoms with Crippen LogP contribution in [0.1, 0.15) is 67.2 Å². The van der Waals surface area contributed by atoms with E-state index >= 15 is 0 Å². The summed E-state index contributed by atoms with van der Waals surface area (Å²) >= 11 is 0. The molecule has 0 spiro atoms. The Labute approximate surface area is 118 Å². The van der Waals surface area contributed by atoms with Gasteiger partial charge in [-0.2, -0.15) is 0 Å². The van der Waals surface area contributed by atoms with E-state index < -0.39 is 0 Å². The summed E-state index contributed by atoms with van der Waals surface area (Å²) in [7, 11) is 0.263. The van der Waals surface area contributed by atoms with E-state index in [2.05, 4.69) is 46.0 Å².